The highest BCUT2D eigenvalue weighted by Gasteiger charge is 2.30. The third kappa shape index (κ3) is 3.73. The topological polar surface area (TPSA) is 72.2 Å². The van der Waals surface area contributed by atoms with Crippen LogP contribution in [-0.2, 0) is 9.84 Å². The second-order valence-electron chi connectivity index (χ2n) is 5.91. The van der Waals surface area contributed by atoms with E-state index in [1.165, 1.54) is 38.4 Å². The number of nitrogens with two attached hydrogens (primary N) is 1. The highest BCUT2D eigenvalue weighted by Crippen LogP contribution is 2.35. The molecule has 1 aromatic carbocycles. The van der Waals surface area contributed by atoms with Crippen molar-refractivity contribution in [2.24, 2.45) is 11.1 Å². The third-order valence-electron chi connectivity index (χ3n) is 4.30. The Hall–Kier alpha value is -1.07. The van der Waals surface area contributed by atoms with Gasteiger partial charge in [-0.05, 0) is 49.1 Å². The van der Waals surface area contributed by atoms with E-state index in [0.29, 0.717) is 11.4 Å². The molecule has 0 spiro atoms. The first-order valence-corrected chi connectivity index (χ1v) is 9.08. The number of sulfone groups is 1. The van der Waals surface area contributed by atoms with Crippen molar-refractivity contribution in [3.63, 3.8) is 0 Å². The van der Waals surface area contributed by atoms with Gasteiger partial charge in [0.05, 0.1) is 4.90 Å². The average molecular weight is 296 g/mol. The van der Waals surface area contributed by atoms with Crippen LogP contribution in [0.4, 0.5) is 5.69 Å². The van der Waals surface area contributed by atoms with Crippen LogP contribution in [0.3, 0.4) is 0 Å². The zero-order valence-electron chi connectivity index (χ0n) is 12.1. The molecular formula is C15H24N2O2S. The van der Waals surface area contributed by atoms with E-state index in [-0.39, 0.29) is 5.41 Å². The summed E-state index contributed by atoms with van der Waals surface area (Å²) in [5, 5.41) is 3.41. The molecule has 5 heteroatoms. The van der Waals surface area contributed by atoms with E-state index < -0.39 is 9.84 Å². The number of nitrogens with one attached hydrogen (secondary N) is 1. The van der Waals surface area contributed by atoms with Crippen LogP contribution >= 0.6 is 0 Å². The van der Waals surface area contributed by atoms with E-state index in [4.69, 9.17) is 5.73 Å². The van der Waals surface area contributed by atoms with Gasteiger partial charge in [-0.2, -0.15) is 0 Å². The molecule has 0 amide bonds. The van der Waals surface area contributed by atoms with Crippen molar-refractivity contribution >= 4 is 15.5 Å². The summed E-state index contributed by atoms with van der Waals surface area (Å²) in [6, 6.07) is 6.94. The molecule has 20 heavy (non-hydrogen) atoms. The monoisotopic (exact) mass is 296 g/mol. The Kier molecular flexibility index (Phi) is 4.70. The number of rotatable bonds is 5. The summed E-state index contributed by atoms with van der Waals surface area (Å²) < 4.78 is 22.8. The van der Waals surface area contributed by atoms with Crippen LogP contribution in [0.25, 0.3) is 0 Å². The maximum absolute atomic E-state index is 11.4. The average Bonchev–Trinajstić information content (AvgIpc) is 2.46. The van der Waals surface area contributed by atoms with E-state index in [9.17, 15) is 8.42 Å². The Labute approximate surface area is 121 Å². The van der Waals surface area contributed by atoms with E-state index in [2.05, 4.69) is 5.32 Å². The molecule has 0 bridgehead atoms. The Morgan fingerprint density at radius 2 is 1.75 bits per heavy atom. The normalized spacial score (nSPS) is 18.7. The first kappa shape index (κ1) is 15.3. The van der Waals surface area contributed by atoms with Crippen LogP contribution in [0.1, 0.15) is 32.1 Å². The summed E-state index contributed by atoms with van der Waals surface area (Å²) in [7, 11) is -3.12. The van der Waals surface area contributed by atoms with Crippen LogP contribution in [0.2, 0.25) is 0 Å². The maximum Gasteiger partial charge on any atom is 0.175 e. The Balaban J connectivity index is 2.00. The smallest absolute Gasteiger partial charge is 0.175 e. The SMILES string of the molecule is CS(=O)(=O)c1ccc(NCC2(CN)CCCCC2)cc1. The lowest BCUT2D eigenvalue weighted by molar-refractivity contribution is 0.215. The molecule has 0 heterocycles. The highest BCUT2D eigenvalue weighted by atomic mass is 32.2. The fourth-order valence-electron chi connectivity index (χ4n) is 2.86. The van der Waals surface area contributed by atoms with E-state index in [1.54, 1.807) is 12.1 Å². The van der Waals surface area contributed by atoms with Crippen LogP contribution in [0, 0.1) is 5.41 Å². The minimum Gasteiger partial charge on any atom is -0.384 e. The molecule has 1 fully saturated rings. The largest absolute Gasteiger partial charge is 0.384 e. The lowest BCUT2D eigenvalue weighted by Crippen LogP contribution is -2.39. The third-order valence-corrected chi connectivity index (χ3v) is 5.43. The van der Waals surface area contributed by atoms with Gasteiger partial charge >= 0.3 is 0 Å². The molecular weight excluding hydrogens is 272 g/mol. The van der Waals surface area contributed by atoms with Gasteiger partial charge in [-0.1, -0.05) is 19.3 Å². The molecule has 1 aromatic rings. The summed E-state index contributed by atoms with van der Waals surface area (Å²) in [6.07, 6.45) is 7.40. The molecule has 0 saturated heterocycles. The minimum absolute atomic E-state index is 0.202. The Morgan fingerprint density at radius 3 is 2.25 bits per heavy atom. The van der Waals surface area contributed by atoms with E-state index >= 15 is 0 Å². The molecule has 112 valence electrons. The molecule has 3 N–H and O–H groups in total. The molecule has 4 nitrogen and oxygen atoms in total. The van der Waals surface area contributed by atoms with Crippen LogP contribution in [-0.4, -0.2) is 27.8 Å². The predicted molar refractivity (Wildman–Crippen MR) is 82.6 cm³/mol. The van der Waals surface area contributed by atoms with Gasteiger partial charge in [0.15, 0.2) is 9.84 Å². The fraction of sp³-hybridized carbons (Fsp3) is 0.600. The van der Waals surface area contributed by atoms with Gasteiger partial charge in [0, 0.05) is 18.5 Å². The molecule has 0 aliphatic heterocycles. The molecule has 2 rings (SSSR count). The van der Waals surface area contributed by atoms with Crippen LogP contribution in [0.5, 0.6) is 0 Å². The summed E-state index contributed by atoms with van der Waals surface area (Å²) in [6.45, 7) is 1.57. The summed E-state index contributed by atoms with van der Waals surface area (Å²) in [5.74, 6) is 0. The standard InChI is InChI=1S/C15H24N2O2S/c1-20(18,19)14-7-5-13(6-8-14)17-12-15(11-16)9-3-2-4-10-15/h5-8,17H,2-4,9-12,16H2,1H3. The predicted octanol–water partition coefficient (Wildman–Crippen LogP) is 2.41. The quantitative estimate of drug-likeness (QED) is 0.875. The maximum atomic E-state index is 11.4. The van der Waals surface area contributed by atoms with Crippen LogP contribution in [0.15, 0.2) is 29.2 Å². The number of benzene rings is 1. The van der Waals surface area contributed by atoms with Crippen molar-refractivity contribution in [2.45, 2.75) is 37.0 Å². The molecule has 0 aromatic heterocycles. The zero-order chi connectivity index (χ0) is 14.6. The van der Waals surface area contributed by atoms with Gasteiger partial charge in [-0.25, -0.2) is 8.42 Å². The van der Waals surface area contributed by atoms with Crippen molar-refractivity contribution in [1.29, 1.82) is 0 Å². The zero-order valence-corrected chi connectivity index (χ0v) is 12.9. The fourth-order valence-corrected chi connectivity index (χ4v) is 3.49. The van der Waals surface area contributed by atoms with Gasteiger partial charge in [-0.15, -0.1) is 0 Å². The molecule has 1 saturated carbocycles. The van der Waals surface area contributed by atoms with Gasteiger partial charge in [0.2, 0.25) is 0 Å². The first-order chi connectivity index (χ1) is 9.45. The summed E-state index contributed by atoms with van der Waals surface area (Å²) in [4.78, 5) is 0.356. The van der Waals surface area contributed by atoms with E-state index in [0.717, 1.165) is 12.2 Å². The van der Waals surface area contributed by atoms with Crippen molar-refractivity contribution in [2.75, 3.05) is 24.7 Å². The second-order valence-corrected chi connectivity index (χ2v) is 7.93. The lowest BCUT2D eigenvalue weighted by atomic mass is 9.74. The number of hydrogen-bond donors (Lipinski definition) is 2. The van der Waals surface area contributed by atoms with Gasteiger partial charge in [-0.3, -0.25) is 0 Å². The molecule has 1 aliphatic carbocycles. The van der Waals surface area contributed by atoms with Crippen molar-refractivity contribution in [1.82, 2.24) is 0 Å². The molecule has 0 unspecified atom stereocenters. The number of anilines is 1. The van der Waals surface area contributed by atoms with Crippen molar-refractivity contribution in [3.8, 4) is 0 Å². The van der Waals surface area contributed by atoms with E-state index in [1.807, 2.05) is 12.1 Å². The Bertz CT molecular complexity index is 531. The summed E-state index contributed by atoms with van der Waals surface area (Å²) in [5.41, 5.74) is 7.12. The minimum atomic E-state index is -3.12. The molecule has 1 aliphatic rings. The first-order valence-electron chi connectivity index (χ1n) is 7.19. The van der Waals surface area contributed by atoms with Crippen molar-refractivity contribution < 1.29 is 8.42 Å². The molecule has 0 atom stereocenters. The second kappa shape index (κ2) is 6.14. The van der Waals surface area contributed by atoms with Gasteiger partial charge < -0.3 is 11.1 Å². The number of hydrogen-bond acceptors (Lipinski definition) is 4. The molecule has 0 radical (unpaired) electrons. The van der Waals surface area contributed by atoms with Gasteiger partial charge in [0.25, 0.3) is 0 Å². The van der Waals surface area contributed by atoms with Crippen LogP contribution < -0.4 is 11.1 Å². The summed E-state index contributed by atoms with van der Waals surface area (Å²) >= 11 is 0. The highest BCUT2D eigenvalue weighted by molar-refractivity contribution is 7.90. The Morgan fingerprint density at radius 1 is 1.15 bits per heavy atom. The van der Waals surface area contributed by atoms with Gasteiger partial charge in [0.1, 0.15) is 0 Å². The van der Waals surface area contributed by atoms with Crippen molar-refractivity contribution in [3.05, 3.63) is 24.3 Å². The lowest BCUT2D eigenvalue weighted by Gasteiger charge is -2.36.